The number of imide groups is 1. The van der Waals surface area contributed by atoms with Gasteiger partial charge in [0.05, 0.1) is 6.61 Å². The zero-order valence-electron chi connectivity index (χ0n) is 5.86. The van der Waals surface area contributed by atoms with Crippen LogP contribution < -0.4 is 0 Å². The van der Waals surface area contributed by atoms with Crippen molar-refractivity contribution in [2.24, 2.45) is 0 Å². The summed E-state index contributed by atoms with van der Waals surface area (Å²) in [5.41, 5.74) is 0. The second-order valence-electron chi connectivity index (χ2n) is 2.32. The molecule has 5 nitrogen and oxygen atoms in total. The molecule has 0 saturated carbocycles. The van der Waals surface area contributed by atoms with Crippen molar-refractivity contribution in [1.82, 2.24) is 4.90 Å². The predicted molar refractivity (Wildman–Crippen MR) is 34.2 cm³/mol. The molecular weight excluding hydrogens is 150 g/mol. The van der Waals surface area contributed by atoms with E-state index < -0.39 is 24.6 Å². The number of hydrogen-bond donors (Lipinski definition) is 2. The average Bonchev–Trinajstić information content (AvgIpc) is 2.30. The summed E-state index contributed by atoms with van der Waals surface area (Å²) in [5, 5.41) is 17.4. The van der Waals surface area contributed by atoms with Crippen LogP contribution in [0.15, 0.2) is 0 Å². The molecule has 2 amide bonds. The smallest absolute Gasteiger partial charge is 0.231 e. The van der Waals surface area contributed by atoms with E-state index in [1.807, 2.05) is 0 Å². The van der Waals surface area contributed by atoms with Gasteiger partial charge in [0, 0.05) is 12.8 Å². The normalized spacial score (nSPS) is 21.1. The third-order valence-corrected chi connectivity index (χ3v) is 1.55. The first-order chi connectivity index (χ1) is 5.16. The minimum atomic E-state index is -1.36. The van der Waals surface area contributed by atoms with Gasteiger partial charge in [-0.2, -0.15) is 0 Å². The Balaban J connectivity index is 2.68. The highest BCUT2D eigenvalue weighted by Crippen LogP contribution is 2.13. The highest BCUT2D eigenvalue weighted by molar-refractivity contribution is 6.02. The molecule has 1 unspecified atom stereocenters. The number of amides is 2. The van der Waals surface area contributed by atoms with Crippen molar-refractivity contribution < 1.29 is 19.8 Å². The fourth-order valence-electron chi connectivity index (χ4n) is 1.01. The number of rotatable bonds is 2. The average molecular weight is 159 g/mol. The van der Waals surface area contributed by atoms with Gasteiger partial charge in [-0.1, -0.05) is 0 Å². The van der Waals surface area contributed by atoms with Crippen LogP contribution in [0.5, 0.6) is 0 Å². The van der Waals surface area contributed by atoms with Crippen LogP contribution in [0, 0.1) is 0 Å². The second-order valence-corrected chi connectivity index (χ2v) is 2.32. The lowest BCUT2D eigenvalue weighted by atomic mass is 10.4. The van der Waals surface area contributed by atoms with E-state index in [2.05, 4.69) is 0 Å². The summed E-state index contributed by atoms with van der Waals surface area (Å²) in [7, 11) is 0. The van der Waals surface area contributed by atoms with E-state index in [-0.39, 0.29) is 12.8 Å². The van der Waals surface area contributed by atoms with Gasteiger partial charge in [-0.3, -0.25) is 14.5 Å². The predicted octanol–water partition coefficient (Wildman–Crippen LogP) is -1.55. The van der Waals surface area contributed by atoms with Crippen molar-refractivity contribution in [3.63, 3.8) is 0 Å². The first-order valence-corrected chi connectivity index (χ1v) is 3.30. The van der Waals surface area contributed by atoms with Gasteiger partial charge in [0.25, 0.3) is 0 Å². The first kappa shape index (κ1) is 8.16. The second kappa shape index (κ2) is 2.98. The van der Waals surface area contributed by atoms with Crippen molar-refractivity contribution in [2.45, 2.75) is 19.1 Å². The molecule has 1 aliphatic heterocycles. The lowest BCUT2D eigenvalue weighted by Gasteiger charge is -2.18. The Morgan fingerprint density at radius 3 is 2.18 bits per heavy atom. The largest absolute Gasteiger partial charge is 0.392 e. The number of aliphatic hydroxyl groups excluding tert-OH is 2. The van der Waals surface area contributed by atoms with Crippen molar-refractivity contribution in [1.29, 1.82) is 0 Å². The van der Waals surface area contributed by atoms with Crippen LogP contribution in [0.25, 0.3) is 0 Å². The molecule has 62 valence electrons. The van der Waals surface area contributed by atoms with Gasteiger partial charge < -0.3 is 10.2 Å². The number of carbonyl (C=O) groups excluding carboxylic acids is 2. The fraction of sp³-hybridized carbons (Fsp3) is 0.667. The zero-order valence-corrected chi connectivity index (χ0v) is 5.86. The third kappa shape index (κ3) is 1.38. The fourth-order valence-corrected chi connectivity index (χ4v) is 1.01. The molecule has 1 aliphatic rings. The summed E-state index contributed by atoms with van der Waals surface area (Å²) < 4.78 is 0. The summed E-state index contributed by atoms with van der Waals surface area (Å²) in [6.45, 7) is -0.600. The van der Waals surface area contributed by atoms with Crippen molar-refractivity contribution >= 4 is 11.8 Å². The molecule has 0 aliphatic carbocycles. The maximum Gasteiger partial charge on any atom is 0.231 e. The summed E-state index contributed by atoms with van der Waals surface area (Å²) in [4.78, 5) is 22.3. The summed E-state index contributed by atoms with van der Waals surface area (Å²) >= 11 is 0. The number of likely N-dealkylation sites (tertiary alicyclic amines) is 1. The van der Waals surface area contributed by atoms with E-state index in [1.54, 1.807) is 0 Å². The molecule has 1 rings (SSSR count). The molecule has 5 heteroatoms. The number of hydrogen-bond acceptors (Lipinski definition) is 4. The van der Waals surface area contributed by atoms with Crippen LogP contribution in [-0.4, -0.2) is 39.8 Å². The molecule has 1 heterocycles. The van der Waals surface area contributed by atoms with Gasteiger partial charge in [-0.05, 0) is 0 Å². The van der Waals surface area contributed by atoms with Crippen LogP contribution >= 0.6 is 0 Å². The SMILES string of the molecule is O=C1CCC(=O)N1C(O)CO. The molecule has 1 saturated heterocycles. The molecule has 0 aromatic carbocycles. The van der Waals surface area contributed by atoms with Crippen molar-refractivity contribution in [3.05, 3.63) is 0 Å². The molecule has 0 aromatic rings. The maximum atomic E-state index is 10.8. The van der Waals surface area contributed by atoms with E-state index in [0.717, 1.165) is 0 Å². The van der Waals surface area contributed by atoms with E-state index in [4.69, 9.17) is 10.2 Å². The minimum absolute atomic E-state index is 0.135. The van der Waals surface area contributed by atoms with Gasteiger partial charge in [0.1, 0.15) is 0 Å². The van der Waals surface area contributed by atoms with Crippen molar-refractivity contribution in [3.8, 4) is 0 Å². The highest BCUT2D eigenvalue weighted by Gasteiger charge is 2.33. The van der Waals surface area contributed by atoms with Crippen LogP contribution in [0.2, 0.25) is 0 Å². The molecule has 1 fully saturated rings. The summed E-state index contributed by atoms with van der Waals surface area (Å²) in [5.74, 6) is -0.840. The van der Waals surface area contributed by atoms with E-state index in [0.29, 0.717) is 4.90 Å². The van der Waals surface area contributed by atoms with E-state index in [1.165, 1.54) is 0 Å². The van der Waals surface area contributed by atoms with Crippen LogP contribution in [-0.2, 0) is 9.59 Å². The topological polar surface area (TPSA) is 77.8 Å². The minimum Gasteiger partial charge on any atom is -0.392 e. The number of carbonyl (C=O) groups is 2. The molecule has 0 bridgehead atoms. The Morgan fingerprint density at radius 1 is 1.36 bits per heavy atom. The van der Waals surface area contributed by atoms with Crippen LogP contribution in [0.3, 0.4) is 0 Å². The van der Waals surface area contributed by atoms with Crippen molar-refractivity contribution in [2.75, 3.05) is 6.61 Å². The van der Waals surface area contributed by atoms with Gasteiger partial charge >= 0.3 is 0 Å². The quantitative estimate of drug-likeness (QED) is 0.478. The lowest BCUT2D eigenvalue weighted by Crippen LogP contribution is -2.41. The number of aliphatic hydroxyl groups is 2. The maximum absolute atomic E-state index is 10.8. The standard InChI is InChI=1S/C6H9NO4/c8-3-6(11)7-4(9)1-2-5(7)10/h6,8,11H,1-3H2. The summed E-state index contributed by atoms with van der Waals surface area (Å²) in [6.07, 6.45) is -1.09. The number of nitrogens with zero attached hydrogens (tertiary/aromatic N) is 1. The zero-order chi connectivity index (χ0) is 8.43. The Labute approximate surface area is 63.2 Å². The molecule has 0 aromatic heterocycles. The molecule has 0 spiro atoms. The van der Waals surface area contributed by atoms with Gasteiger partial charge in [-0.15, -0.1) is 0 Å². The Morgan fingerprint density at radius 2 is 1.82 bits per heavy atom. The lowest BCUT2D eigenvalue weighted by molar-refractivity contribution is -0.151. The summed E-state index contributed by atoms with van der Waals surface area (Å²) in [6, 6.07) is 0. The highest BCUT2D eigenvalue weighted by atomic mass is 16.3. The van der Waals surface area contributed by atoms with Gasteiger partial charge in [-0.25, -0.2) is 0 Å². The van der Waals surface area contributed by atoms with Gasteiger partial charge in [0.2, 0.25) is 11.8 Å². The Bertz CT molecular complexity index is 175. The molecular formula is C6H9NO4. The third-order valence-electron chi connectivity index (χ3n) is 1.55. The Kier molecular flexibility index (Phi) is 2.21. The molecule has 0 radical (unpaired) electrons. The monoisotopic (exact) mass is 159 g/mol. The van der Waals surface area contributed by atoms with Crippen LogP contribution in [0.1, 0.15) is 12.8 Å². The van der Waals surface area contributed by atoms with E-state index in [9.17, 15) is 9.59 Å². The van der Waals surface area contributed by atoms with E-state index >= 15 is 0 Å². The van der Waals surface area contributed by atoms with Crippen LogP contribution in [0.4, 0.5) is 0 Å². The first-order valence-electron chi connectivity index (χ1n) is 3.30. The Hall–Kier alpha value is -0.940. The molecule has 2 N–H and O–H groups in total. The molecule has 1 atom stereocenters. The molecule has 11 heavy (non-hydrogen) atoms. The van der Waals surface area contributed by atoms with Gasteiger partial charge in [0.15, 0.2) is 6.23 Å².